The van der Waals surface area contributed by atoms with Gasteiger partial charge in [-0.15, -0.1) is 23.2 Å². The van der Waals surface area contributed by atoms with Crippen molar-refractivity contribution < 1.29 is 0 Å². The van der Waals surface area contributed by atoms with Crippen LogP contribution in [0.5, 0.6) is 0 Å². The Bertz CT molecular complexity index is 153. The lowest BCUT2D eigenvalue weighted by atomic mass is 10.1. The van der Waals surface area contributed by atoms with Gasteiger partial charge in [-0.3, -0.25) is 0 Å². The molecule has 0 amide bonds. The summed E-state index contributed by atoms with van der Waals surface area (Å²) in [5.41, 5.74) is 0. The Labute approximate surface area is 64.8 Å². The number of alkyl halides is 2. The lowest BCUT2D eigenvalue weighted by molar-refractivity contribution is 0.703. The zero-order valence-corrected chi connectivity index (χ0v) is 6.44. The molecule has 4 atom stereocenters. The highest BCUT2D eigenvalue weighted by Gasteiger charge is 2.42. The van der Waals surface area contributed by atoms with Crippen LogP contribution < -0.4 is 0 Å². The zero-order valence-electron chi connectivity index (χ0n) is 4.93. The van der Waals surface area contributed by atoms with Crippen LogP contribution in [-0.2, 0) is 0 Å². The number of allylic oxidation sites excluding steroid dienone is 2. The van der Waals surface area contributed by atoms with Crippen LogP contribution in [0.1, 0.15) is 6.42 Å². The van der Waals surface area contributed by atoms with E-state index in [1.54, 1.807) is 0 Å². The van der Waals surface area contributed by atoms with E-state index in [4.69, 9.17) is 23.2 Å². The van der Waals surface area contributed by atoms with Crippen LogP contribution in [0.2, 0.25) is 0 Å². The Hall–Kier alpha value is 0.320. The molecule has 9 heavy (non-hydrogen) atoms. The largest absolute Gasteiger partial charge is 0.122 e. The molecule has 0 heterocycles. The summed E-state index contributed by atoms with van der Waals surface area (Å²) in [5, 5.41) is 0.606. The maximum atomic E-state index is 6.02. The highest BCUT2D eigenvalue weighted by Crippen LogP contribution is 2.45. The molecule has 0 aliphatic heterocycles. The molecule has 2 rings (SSSR count). The summed E-state index contributed by atoms with van der Waals surface area (Å²) in [6.07, 6.45) is 5.43. The number of rotatable bonds is 0. The third-order valence-corrected chi connectivity index (χ3v) is 3.36. The SMILES string of the molecule is ClC1CC2C=CC1C2Cl. The normalized spacial score (nSPS) is 54.9. The van der Waals surface area contributed by atoms with E-state index in [0.717, 1.165) is 6.42 Å². The van der Waals surface area contributed by atoms with Gasteiger partial charge in [-0.05, 0) is 12.3 Å². The van der Waals surface area contributed by atoms with E-state index in [1.807, 2.05) is 0 Å². The third kappa shape index (κ3) is 0.731. The second kappa shape index (κ2) is 1.90. The van der Waals surface area contributed by atoms with Crippen molar-refractivity contribution in [3.63, 3.8) is 0 Å². The molecule has 0 nitrogen and oxygen atoms in total. The lowest BCUT2D eigenvalue weighted by Gasteiger charge is -2.08. The number of halogens is 2. The molecule has 2 heteroatoms. The minimum atomic E-state index is 0.299. The van der Waals surface area contributed by atoms with Gasteiger partial charge in [0.25, 0.3) is 0 Å². The van der Waals surface area contributed by atoms with Crippen molar-refractivity contribution in [2.75, 3.05) is 0 Å². The molecule has 4 unspecified atom stereocenters. The van der Waals surface area contributed by atoms with E-state index < -0.39 is 0 Å². The predicted molar refractivity (Wildman–Crippen MR) is 40.0 cm³/mol. The Kier molecular flexibility index (Phi) is 1.28. The minimum absolute atomic E-state index is 0.299. The summed E-state index contributed by atoms with van der Waals surface area (Å²) in [4.78, 5) is 0. The van der Waals surface area contributed by atoms with Gasteiger partial charge < -0.3 is 0 Å². The number of fused-ring (bicyclic) bond motifs is 2. The molecule has 2 bridgehead atoms. The van der Waals surface area contributed by atoms with Gasteiger partial charge in [-0.2, -0.15) is 0 Å². The molecule has 2 aliphatic rings. The first-order valence-electron chi connectivity index (χ1n) is 3.25. The molecule has 1 saturated carbocycles. The van der Waals surface area contributed by atoms with Crippen molar-refractivity contribution in [3.05, 3.63) is 12.2 Å². The summed E-state index contributed by atoms with van der Waals surface area (Å²) in [7, 11) is 0. The van der Waals surface area contributed by atoms with Crippen molar-refractivity contribution in [1.29, 1.82) is 0 Å². The molecular formula is C7H8Cl2. The molecular weight excluding hydrogens is 155 g/mol. The Balaban J connectivity index is 2.26. The van der Waals surface area contributed by atoms with Gasteiger partial charge in [0.2, 0.25) is 0 Å². The minimum Gasteiger partial charge on any atom is -0.122 e. The number of hydrogen-bond donors (Lipinski definition) is 0. The van der Waals surface area contributed by atoms with Crippen LogP contribution in [0.15, 0.2) is 12.2 Å². The van der Waals surface area contributed by atoms with Crippen LogP contribution in [-0.4, -0.2) is 10.8 Å². The maximum absolute atomic E-state index is 6.02. The molecule has 0 N–H and O–H groups in total. The molecule has 0 saturated heterocycles. The van der Waals surface area contributed by atoms with Crippen LogP contribution in [0, 0.1) is 11.8 Å². The van der Waals surface area contributed by atoms with E-state index in [-0.39, 0.29) is 0 Å². The van der Waals surface area contributed by atoms with E-state index in [1.165, 1.54) is 0 Å². The van der Waals surface area contributed by atoms with Crippen LogP contribution in [0.25, 0.3) is 0 Å². The van der Waals surface area contributed by atoms with E-state index in [0.29, 0.717) is 22.6 Å². The average Bonchev–Trinajstić information content (AvgIpc) is 2.25. The molecule has 0 aromatic rings. The summed E-state index contributed by atoms with van der Waals surface area (Å²) in [6, 6.07) is 0. The lowest BCUT2D eigenvalue weighted by Crippen LogP contribution is -2.09. The smallest absolute Gasteiger partial charge is 0.0475 e. The van der Waals surface area contributed by atoms with E-state index in [9.17, 15) is 0 Å². The summed E-state index contributed by atoms with van der Waals surface area (Å²) in [6.45, 7) is 0. The molecule has 50 valence electrons. The van der Waals surface area contributed by atoms with Crippen molar-refractivity contribution in [1.82, 2.24) is 0 Å². The Morgan fingerprint density at radius 3 is 2.22 bits per heavy atom. The first-order chi connectivity index (χ1) is 4.29. The van der Waals surface area contributed by atoms with Crippen molar-refractivity contribution in [2.24, 2.45) is 11.8 Å². The summed E-state index contributed by atoms with van der Waals surface area (Å²) >= 11 is 12.0. The second-order valence-corrected chi connectivity index (χ2v) is 3.89. The fraction of sp³-hybridized carbons (Fsp3) is 0.714. The fourth-order valence-corrected chi connectivity index (χ4v) is 2.68. The topological polar surface area (TPSA) is 0 Å². The van der Waals surface area contributed by atoms with Gasteiger partial charge in [0, 0.05) is 16.7 Å². The molecule has 0 aromatic carbocycles. The average molecular weight is 163 g/mol. The fourth-order valence-electron chi connectivity index (χ4n) is 1.71. The summed E-state index contributed by atoms with van der Waals surface area (Å²) < 4.78 is 0. The Morgan fingerprint density at radius 2 is 2.00 bits per heavy atom. The molecule has 0 spiro atoms. The van der Waals surface area contributed by atoms with Gasteiger partial charge in [0.05, 0.1) is 0 Å². The summed E-state index contributed by atoms with van der Waals surface area (Å²) in [5.74, 6) is 1.03. The first-order valence-corrected chi connectivity index (χ1v) is 4.13. The quantitative estimate of drug-likeness (QED) is 0.380. The van der Waals surface area contributed by atoms with E-state index in [2.05, 4.69) is 12.2 Å². The third-order valence-electron chi connectivity index (χ3n) is 2.27. The van der Waals surface area contributed by atoms with Gasteiger partial charge in [-0.1, -0.05) is 12.2 Å². The van der Waals surface area contributed by atoms with Crippen molar-refractivity contribution >= 4 is 23.2 Å². The van der Waals surface area contributed by atoms with Gasteiger partial charge >= 0.3 is 0 Å². The van der Waals surface area contributed by atoms with Gasteiger partial charge in [0.15, 0.2) is 0 Å². The monoisotopic (exact) mass is 162 g/mol. The molecule has 2 aliphatic carbocycles. The maximum Gasteiger partial charge on any atom is 0.0475 e. The zero-order chi connectivity index (χ0) is 6.43. The van der Waals surface area contributed by atoms with Crippen LogP contribution in [0.4, 0.5) is 0 Å². The standard InChI is InChI=1S/C7H8Cl2/c8-6-3-4-1-2-5(6)7(4)9/h1-2,4-7H,3H2. The highest BCUT2D eigenvalue weighted by molar-refractivity contribution is 6.25. The van der Waals surface area contributed by atoms with Crippen molar-refractivity contribution in [2.45, 2.75) is 17.2 Å². The predicted octanol–water partition coefficient (Wildman–Crippen LogP) is 2.41. The first kappa shape index (κ1) is 6.06. The second-order valence-electron chi connectivity index (χ2n) is 2.82. The van der Waals surface area contributed by atoms with Gasteiger partial charge in [-0.25, -0.2) is 0 Å². The molecule has 0 radical (unpaired) electrons. The highest BCUT2D eigenvalue weighted by atomic mass is 35.5. The molecule has 0 aromatic heterocycles. The van der Waals surface area contributed by atoms with Gasteiger partial charge in [0.1, 0.15) is 0 Å². The van der Waals surface area contributed by atoms with Crippen LogP contribution >= 0.6 is 23.2 Å². The molecule has 1 fully saturated rings. The van der Waals surface area contributed by atoms with Crippen LogP contribution in [0.3, 0.4) is 0 Å². The van der Waals surface area contributed by atoms with Crippen molar-refractivity contribution in [3.8, 4) is 0 Å². The number of hydrogen-bond acceptors (Lipinski definition) is 0. The van der Waals surface area contributed by atoms with E-state index >= 15 is 0 Å². The Morgan fingerprint density at radius 1 is 1.22 bits per heavy atom.